The predicted molar refractivity (Wildman–Crippen MR) is 52.1 cm³/mol. The van der Waals surface area contributed by atoms with Crippen molar-refractivity contribution in [3.63, 3.8) is 0 Å². The zero-order valence-corrected chi connectivity index (χ0v) is 7.97. The van der Waals surface area contributed by atoms with Crippen LogP contribution in [0.15, 0.2) is 30.5 Å². The number of halogens is 3. The molecule has 2 aromatic rings. The Balaban J connectivity index is 2.68. The Bertz CT molecular complexity index is 507. The van der Waals surface area contributed by atoms with E-state index in [1.54, 1.807) is 6.07 Å². The number of hydrogen-bond acceptors (Lipinski definition) is 1. The second-order valence-corrected chi connectivity index (χ2v) is 3.36. The SMILES string of the molecule is [Li][c]1ccnc2cc(C(F)(F)F)ccc12. The van der Waals surface area contributed by atoms with E-state index in [2.05, 4.69) is 4.98 Å². The van der Waals surface area contributed by atoms with E-state index in [0.717, 1.165) is 21.8 Å². The summed E-state index contributed by atoms with van der Waals surface area (Å²) < 4.78 is 38.1. The number of rotatable bonds is 0. The second kappa shape index (κ2) is 3.55. The Morgan fingerprint density at radius 1 is 1.13 bits per heavy atom. The number of benzene rings is 1. The van der Waals surface area contributed by atoms with Gasteiger partial charge in [-0.15, -0.1) is 0 Å². The third-order valence-electron chi connectivity index (χ3n) is 2.29. The van der Waals surface area contributed by atoms with Gasteiger partial charge in [0, 0.05) is 0 Å². The molecular formula is C10H5F3LiN. The second-order valence-electron chi connectivity index (χ2n) is 3.36. The third-order valence-corrected chi connectivity index (χ3v) is 2.29. The van der Waals surface area contributed by atoms with E-state index in [9.17, 15) is 13.2 Å². The Morgan fingerprint density at radius 3 is 2.53 bits per heavy atom. The molecule has 0 radical (unpaired) electrons. The monoisotopic (exact) mass is 203 g/mol. The molecule has 0 aliphatic carbocycles. The van der Waals surface area contributed by atoms with Crippen molar-refractivity contribution in [2.24, 2.45) is 0 Å². The molecule has 0 saturated carbocycles. The molecule has 0 aliphatic heterocycles. The fraction of sp³-hybridized carbons (Fsp3) is 0.100. The molecule has 0 saturated heterocycles. The molecule has 0 bridgehead atoms. The summed E-state index contributed by atoms with van der Waals surface area (Å²) in [5, 5.41) is 0.755. The summed E-state index contributed by atoms with van der Waals surface area (Å²) in [7, 11) is 0. The van der Waals surface area contributed by atoms with Gasteiger partial charge in [0.1, 0.15) is 0 Å². The van der Waals surface area contributed by atoms with E-state index >= 15 is 0 Å². The van der Waals surface area contributed by atoms with Gasteiger partial charge in [-0.2, -0.15) is 0 Å². The summed E-state index contributed by atoms with van der Waals surface area (Å²) in [4.78, 5) is 3.92. The quantitative estimate of drug-likeness (QED) is 0.597. The molecule has 0 spiro atoms. The molecule has 2 rings (SSSR count). The molecule has 0 fully saturated rings. The Kier molecular flexibility index (Phi) is 2.49. The van der Waals surface area contributed by atoms with Gasteiger partial charge in [-0.25, -0.2) is 0 Å². The van der Waals surface area contributed by atoms with Gasteiger partial charge in [-0.1, -0.05) is 0 Å². The van der Waals surface area contributed by atoms with E-state index in [0.29, 0.717) is 5.52 Å². The molecule has 0 amide bonds. The molecule has 1 aromatic carbocycles. The van der Waals surface area contributed by atoms with Gasteiger partial charge in [0.05, 0.1) is 0 Å². The summed E-state index contributed by atoms with van der Waals surface area (Å²) in [5.74, 6) is 0. The average molecular weight is 203 g/mol. The third kappa shape index (κ3) is 2.01. The molecule has 1 heterocycles. The topological polar surface area (TPSA) is 12.9 Å². The van der Waals surface area contributed by atoms with Crippen LogP contribution in [0.4, 0.5) is 13.2 Å². The van der Waals surface area contributed by atoms with Crippen LogP contribution in [0.3, 0.4) is 0 Å². The van der Waals surface area contributed by atoms with E-state index in [-0.39, 0.29) is 0 Å². The molecule has 0 unspecified atom stereocenters. The Labute approximate surface area is 93.5 Å². The van der Waals surface area contributed by atoms with Crippen molar-refractivity contribution < 1.29 is 13.2 Å². The number of aromatic nitrogens is 1. The van der Waals surface area contributed by atoms with Crippen LogP contribution in [-0.4, -0.2) is 22.7 Å². The van der Waals surface area contributed by atoms with E-state index in [4.69, 9.17) is 0 Å². The predicted octanol–water partition coefficient (Wildman–Crippen LogP) is 2.05. The van der Waals surface area contributed by atoms with Gasteiger partial charge in [-0.3, -0.25) is 0 Å². The number of fused-ring (bicyclic) bond motifs is 1. The number of nitrogens with zero attached hydrogens (tertiary/aromatic N) is 1. The van der Waals surface area contributed by atoms with Gasteiger partial charge in [0.2, 0.25) is 0 Å². The molecule has 0 N–H and O–H groups in total. The molecular weight excluding hydrogens is 198 g/mol. The van der Waals surface area contributed by atoms with Crippen LogP contribution >= 0.6 is 0 Å². The van der Waals surface area contributed by atoms with E-state index in [1.807, 2.05) is 17.7 Å². The molecule has 0 aliphatic rings. The number of alkyl halides is 3. The van der Waals surface area contributed by atoms with Crippen LogP contribution in [0, 0.1) is 0 Å². The van der Waals surface area contributed by atoms with Crippen LogP contribution in [0.1, 0.15) is 5.56 Å². The standard InChI is InChI=1S/C10H5F3N.Li/c11-10(12,13)8-4-3-7-2-1-5-14-9(7)6-8;/h1,3-6H;. The van der Waals surface area contributed by atoms with Gasteiger partial charge in [0.25, 0.3) is 0 Å². The van der Waals surface area contributed by atoms with Gasteiger partial charge >= 0.3 is 93.2 Å². The van der Waals surface area contributed by atoms with Gasteiger partial charge in [-0.05, 0) is 0 Å². The first-order valence-electron chi connectivity index (χ1n) is 4.41. The zero-order valence-electron chi connectivity index (χ0n) is 7.97. The first-order valence-corrected chi connectivity index (χ1v) is 4.41. The average Bonchev–Trinajstić information content (AvgIpc) is 2.16. The summed E-state index contributed by atoms with van der Waals surface area (Å²) >= 11 is 1.84. The molecule has 0 atom stereocenters. The normalized spacial score (nSPS) is 12.1. The maximum atomic E-state index is 12.4. The van der Waals surface area contributed by atoms with E-state index in [1.165, 1.54) is 12.3 Å². The molecule has 72 valence electrons. The molecule has 1 nitrogen and oxygen atoms in total. The maximum absolute atomic E-state index is 12.4. The van der Waals surface area contributed by atoms with Crippen molar-refractivity contribution in [2.45, 2.75) is 6.18 Å². The number of hydrogen-bond donors (Lipinski definition) is 0. The fourth-order valence-corrected chi connectivity index (χ4v) is 1.47. The van der Waals surface area contributed by atoms with Crippen LogP contribution in [0.25, 0.3) is 10.9 Å². The summed E-state index contributed by atoms with van der Waals surface area (Å²) in [5.41, 5.74) is -0.280. The van der Waals surface area contributed by atoms with Crippen molar-refractivity contribution >= 4 is 32.9 Å². The first kappa shape index (κ1) is 10.5. The molecule has 15 heavy (non-hydrogen) atoms. The first-order chi connectivity index (χ1) is 6.98. The number of pyridine rings is 1. The van der Waals surface area contributed by atoms with Crippen LogP contribution in [0.2, 0.25) is 0 Å². The van der Waals surface area contributed by atoms with Crippen molar-refractivity contribution in [1.82, 2.24) is 4.98 Å². The van der Waals surface area contributed by atoms with Crippen molar-refractivity contribution in [3.8, 4) is 0 Å². The fourth-order valence-electron chi connectivity index (χ4n) is 1.47. The van der Waals surface area contributed by atoms with Crippen molar-refractivity contribution in [2.75, 3.05) is 0 Å². The van der Waals surface area contributed by atoms with Crippen LogP contribution in [-0.2, 0) is 6.18 Å². The Hall–Kier alpha value is -0.983. The van der Waals surface area contributed by atoms with Gasteiger partial charge < -0.3 is 0 Å². The summed E-state index contributed by atoms with van der Waals surface area (Å²) in [6, 6.07) is 5.38. The van der Waals surface area contributed by atoms with Gasteiger partial charge in [0.15, 0.2) is 0 Å². The molecule has 5 heteroatoms. The summed E-state index contributed by atoms with van der Waals surface area (Å²) in [6.45, 7) is 0. The minimum absolute atomic E-state index is 0.379. The van der Waals surface area contributed by atoms with Crippen LogP contribution in [0.5, 0.6) is 0 Å². The van der Waals surface area contributed by atoms with E-state index < -0.39 is 11.7 Å². The Morgan fingerprint density at radius 2 is 1.87 bits per heavy atom. The van der Waals surface area contributed by atoms with Crippen molar-refractivity contribution in [3.05, 3.63) is 36.0 Å². The minimum atomic E-state index is -4.31. The molecule has 1 aromatic heterocycles. The zero-order chi connectivity index (χ0) is 11.1. The van der Waals surface area contributed by atoms with Crippen LogP contribution < -0.4 is 4.24 Å². The summed E-state index contributed by atoms with van der Waals surface area (Å²) in [6.07, 6.45) is -2.79. The van der Waals surface area contributed by atoms with Crippen molar-refractivity contribution in [1.29, 1.82) is 0 Å².